The molecule has 1 aromatic carbocycles. The maximum atomic E-state index is 13.3. The Bertz CT molecular complexity index is 525. The first-order chi connectivity index (χ1) is 7.23. The summed E-state index contributed by atoms with van der Waals surface area (Å²) in [6, 6.07) is 3.84. The molecule has 1 atom stereocenters. The summed E-state index contributed by atoms with van der Waals surface area (Å²) in [5.74, 6) is -1.45. The molecule has 0 fully saturated rings. The fourth-order valence-electron chi connectivity index (χ4n) is 1.10. The lowest BCUT2D eigenvalue weighted by molar-refractivity contribution is 0.0987. The van der Waals surface area contributed by atoms with Crippen LogP contribution in [0.5, 0.6) is 0 Å². The Kier molecular flexibility index (Phi) is 3.85. The van der Waals surface area contributed by atoms with Crippen molar-refractivity contribution in [3.63, 3.8) is 0 Å². The van der Waals surface area contributed by atoms with Crippen LogP contribution in [0.1, 0.15) is 17.3 Å². The molecule has 0 saturated carbocycles. The van der Waals surface area contributed by atoms with Crippen LogP contribution in [-0.4, -0.2) is 25.7 Å². The summed E-state index contributed by atoms with van der Waals surface area (Å²) in [6.45, 7) is 1.25. The molecule has 1 unspecified atom stereocenters. The fourth-order valence-corrected chi connectivity index (χ4v) is 1.98. The average Bonchev–Trinajstić information content (AvgIpc) is 2.18. The van der Waals surface area contributed by atoms with Gasteiger partial charge in [-0.25, -0.2) is 12.8 Å². The summed E-state index contributed by atoms with van der Waals surface area (Å²) in [5, 5.41) is -1.24. The van der Waals surface area contributed by atoms with Crippen LogP contribution in [0.2, 0.25) is 0 Å². The van der Waals surface area contributed by atoms with Crippen LogP contribution >= 0.6 is 15.9 Å². The van der Waals surface area contributed by atoms with Gasteiger partial charge in [0.2, 0.25) is 0 Å². The lowest BCUT2D eigenvalue weighted by Crippen LogP contribution is -2.27. The molecule has 0 heterocycles. The van der Waals surface area contributed by atoms with Gasteiger partial charge in [0, 0.05) is 10.7 Å². The largest absolute Gasteiger partial charge is 0.293 e. The number of benzene rings is 1. The van der Waals surface area contributed by atoms with Crippen molar-refractivity contribution in [3.05, 3.63) is 34.1 Å². The molecule has 3 nitrogen and oxygen atoms in total. The maximum absolute atomic E-state index is 13.3. The van der Waals surface area contributed by atoms with Crippen molar-refractivity contribution in [3.8, 4) is 0 Å². The Morgan fingerprint density at radius 3 is 2.50 bits per heavy atom. The molecule has 0 aliphatic heterocycles. The van der Waals surface area contributed by atoms with E-state index in [1.165, 1.54) is 19.1 Å². The minimum Gasteiger partial charge on any atom is -0.293 e. The Morgan fingerprint density at radius 2 is 2.00 bits per heavy atom. The quantitative estimate of drug-likeness (QED) is 0.804. The van der Waals surface area contributed by atoms with E-state index in [0.717, 1.165) is 12.3 Å². The first-order valence-corrected chi connectivity index (χ1v) is 7.16. The van der Waals surface area contributed by atoms with E-state index >= 15 is 0 Å². The monoisotopic (exact) mass is 308 g/mol. The second-order valence-electron chi connectivity index (χ2n) is 3.46. The second kappa shape index (κ2) is 4.63. The van der Waals surface area contributed by atoms with Crippen molar-refractivity contribution in [1.82, 2.24) is 0 Å². The van der Waals surface area contributed by atoms with Gasteiger partial charge in [-0.3, -0.25) is 4.79 Å². The third kappa shape index (κ3) is 2.89. The Balaban J connectivity index is 3.20. The van der Waals surface area contributed by atoms with Gasteiger partial charge in [0.15, 0.2) is 15.6 Å². The van der Waals surface area contributed by atoms with Crippen LogP contribution in [0.4, 0.5) is 4.39 Å². The van der Waals surface area contributed by atoms with Crippen molar-refractivity contribution in [1.29, 1.82) is 0 Å². The topological polar surface area (TPSA) is 51.2 Å². The number of carbonyl (C=O) groups is 1. The van der Waals surface area contributed by atoms with E-state index in [2.05, 4.69) is 15.9 Å². The predicted octanol–water partition coefficient (Wildman–Crippen LogP) is 2.20. The van der Waals surface area contributed by atoms with Gasteiger partial charge >= 0.3 is 0 Å². The third-order valence-electron chi connectivity index (χ3n) is 2.21. The molecule has 0 aliphatic carbocycles. The third-order valence-corrected chi connectivity index (χ3v) is 4.20. The van der Waals surface area contributed by atoms with Gasteiger partial charge in [-0.15, -0.1) is 0 Å². The van der Waals surface area contributed by atoms with Gasteiger partial charge in [-0.2, -0.15) is 0 Å². The molecular weight excluding hydrogens is 299 g/mol. The number of halogens is 2. The SMILES string of the molecule is CC(C(=O)c1cc(Br)ccc1F)S(C)(=O)=O. The van der Waals surface area contributed by atoms with Gasteiger partial charge in [0.1, 0.15) is 11.1 Å². The zero-order valence-electron chi connectivity index (χ0n) is 8.70. The van der Waals surface area contributed by atoms with E-state index in [9.17, 15) is 17.6 Å². The molecule has 0 aromatic heterocycles. The fraction of sp³-hybridized carbons (Fsp3) is 0.300. The van der Waals surface area contributed by atoms with Gasteiger partial charge < -0.3 is 0 Å². The second-order valence-corrected chi connectivity index (χ2v) is 6.74. The van der Waals surface area contributed by atoms with Gasteiger partial charge in [0.25, 0.3) is 0 Å². The van der Waals surface area contributed by atoms with Crippen molar-refractivity contribution in [2.24, 2.45) is 0 Å². The highest BCUT2D eigenvalue weighted by Gasteiger charge is 2.26. The molecule has 0 N–H and O–H groups in total. The molecule has 88 valence electrons. The number of ketones is 1. The molecule has 0 radical (unpaired) electrons. The molecule has 1 rings (SSSR count). The number of Topliss-reactive ketones (excluding diaryl/α,β-unsaturated/α-hetero) is 1. The number of hydrogen-bond donors (Lipinski definition) is 0. The predicted molar refractivity (Wildman–Crippen MR) is 62.7 cm³/mol. The van der Waals surface area contributed by atoms with E-state index in [0.29, 0.717) is 4.47 Å². The minimum absolute atomic E-state index is 0.215. The van der Waals surface area contributed by atoms with E-state index < -0.39 is 26.7 Å². The Morgan fingerprint density at radius 1 is 1.44 bits per heavy atom. The molecular formula is C10H10BrFO3S. The average molecular weight is 309 g/mol. The molecule has 0 saturated heterocycles. The van der Waals surface area contributed by atoms with Crippen LogP contribution in [0, 0.1) is 5.82 Å². The summed E-state index contributed by atoms with van der Waals surface area (Å²) >= 11 is 3.10. The normalized spacial score (nSPS) is 13.5. The van der Waals surface area contributed by atoms with E-state index in [-0.39, 0.29) is 5.56 Å². The van der Waals surface area contributed by atoms with Crippen LogP contribution < -0.4 is 0 Å². The molecule has 0 bridgehead atoms. The minimum atomic E-state index is -3.51. The summed E-state index contributed by atoms with van der Waals surface area (Å²) < 4.78 is 36.2. The molecule has 1 aromatic rings. The van der Waals surface area contributed by atoms with Gasteiger partial charge in [-0.1, -0.05) is 15.9 Å². The first-order valence-electron chi connectivity index (χ1n) is 4.41. The van der Waals surface area contributed by atoms with Crippen molar-refractivity contribution >= 4 is 31.6 Å². The molecule has 16 heavy (non-hydrogen) atoms. The first kappa shape index (κ1) is 13.3. The van der Waals surface area contributed by atoms with E-state index in [4.69, 9.17) is 0 Å². The number of rotatable bonds is 3. The number of hydrogen-bond acceptors (Lipinski definition) is 3. The smallest absolute Gasteiger partial charge is 0.183 e. The number of sulfone groups is 1. The standard InChI is InChI=1S/C10H10BrFO3S/c1-6(16(2,14)15)10(13)8-5-7(11)3-4-9(8)12/h3-6H,1-2H3. The summed E-state index contributed by atoms with van der Waals surface area (Å²) in [5.41, 5.74) is -0.215. The Labute approximate surface area is 102 Å². The summed E-state index contributed by atoms with van der Waals surface area (Å²) in [6.07, 6.45) is 0.950. The molecule has 0 aliphatic rings. The van der Waals surface area contributed by atoms with Gasteiger partial charge in [0.05, 0.1) is 5.56 Å². The van der Waals surface area contributed by atoms with Crippen LogP contribution in [0.3, 0.4) is 0 Å². The van der Waals surface area contributed by atoms with Crippen LogP contribution in [-0.2, 0) is 9.84 Å². The lowest BCUT2D eigenvalue weighted by Gasteiger charge is -2.09. The number of carbonyl (C=O) groups excluding carboxylic acids is 1. The Hall–Kier alpha value is -0.750. The zero-order chi connectivity index (χ0) is 12.5. The van der Waals surface area contributed by atoms with Crippen molar-refractivity contribution < 1.29 is 17.6 Å². The van der Waals surface area contributed by atoms with Crippen LogP contribution in [0.15, 0.2) is 22.7 Å². The lowest BCUT2D eigenvalue weighted by atomic mass is 10.1. The van der Waals surface area contributed by atoms with Gasteiger partial charge in [-0.05, 0) is 25.1 Å². The highest BCUT2D eigenvalue weighted by Crippen LogP contribution is 2.18. The van der Waals surface area contributed by atoms with E-state index in [1.54, 1.807) is 0 Å². The van der Waals surface area contributed by atoms with E-state index in [1.807, 2.05) is 0 Å². The maximum Gasteiger partial charge on any atom is 0.183 e. The van der Waals surface area contributed by atoms with Crippen molar-refractivity contribution in [2.45, 2.75) is 12.2 Å². The van der Waals surface area contributed by atoms with Crippen molar-refractivity contribution in [2.75, 3.05) is 6.26 Å². The molecule has 0 spiro atoms. The highest BCUT2D eigenvalue weighted by atomic mass is 79.9. The molecule has 0 amide bonds. The summed E-state index contributed by atoms with van der Waals surface area (Å²) in [7, 11) is -3.51. The van der Waals surface area contributed by atoms with Crippen LogP contribution in [0.25, 0.3) is 0 Å². The highest BCUT2D eigenvalue weighted by molar-refractivity contribution is 9.10. The zero-order valence-corrected chi connectivity index (χ0v) is 11.1. The molecule has 6 heteroatoms. The summed E-state index contributed by atoms with van der Waals surface area (Å²) in [4.78, 5) is 11.7.